The molecule has 1 atom stereocenters. The van der Waals surface area contributed by atoms with Gasteiger partial charge in [-0.1, -0.05) is 25.2 Å². The first-order valence-corrected chi connectivity index (χ1v) is 8.33. The molecule has 0 heterocycles. The van der Waals surface area contributed by atoms with Gasteiger partial charge in [0.2, 0.25) is 0 Å². The van der Waals surface area contributed by atoms with E-state index in [1.807, 2.05) is 52.8 Å². The first-order chi connectivity index (χ1) is 10.8. The maximum Gasteiger partial charge on any atom is 0.407 e. The molecule has 0 radical (unpaired) electrons. The molecule has 1 N–H and O–H groups in total. The van der Waals surface area contributed by atoms with Crippen molar-refractivity contribution in [3.8, 4) is 0 Å². The average molecular weight is 319 g/mol. The van der Waals surface area contributed by atoms with E-state index >= 15 is 0 Å². The fraction of sp³-hybridized carbons (Fsp3) is 0.579. The van der Waals surface area contributed by atoms with Crippen LogP contribution >= 0.6 is 0 Å². The van der Waals surface area contributed by atoms with Crippen molar-refractivity contribution in [2.75, 3.05) is 6.54 Å². The first-order valence-electron chi connectivity index (χ1n) is 8.33. The Balaban J connectivity index is 2.38. The van der Waals surface area contributed by atoms with E-state index in [0.717, 1.165) is 18.4 Å². The second-order valence-corrected chi connectivity index (χ2v) is 6.76. The Morgan fingerprint density at radius 1 is 1.35 bits per heavy atom. The van der Waals surface area contributed by atoms with Crippen LogP contribution in [-0.2, 0) is 9.53 Å². The highest BCUT2D eigenvalue weighted by Gasteiger charge is 2.24. The lowest BCUT2D eigenvalue weighted by Crippen LogP contribution is -2.33. The van der Waals surface area contributed by atoms with E-state index in [0.29, 0.717) is 18.9 Å². The molecule has 4 nitrogen and oxygen atoms in total. The molecule has 0 aliphatic heterocycles. The molecule has 0 saturated heterocycles. The molecule has 23 heavy (non-hydrogen) atoms. The molecule has 0 spiro atoms. The van der Waals surface area contributed by atoms with Gasteiger partial charge in [-0.05, 0) is 52.2 Å². The molecule has 0 saturated carbocycles. The number of amides is 1. The number of nitrogens with one attached hydrogen (secondary N) is 1. The number of hydrogen-bond donors (Lipinski definition) is 1. The van der Waals surface area contributed by atoms with E-state index < -0.39 is 5.60 Å². The van der Waals surface area contributed by atoms with Crippen LogP contribution in [0.2, 0.25) is 0 Å². The van der Waals surface area contributed by atoms with E-state index in [2.05, 4.69) is 11.4 Å². The van der Waals surface area contributed by atoms with E-state index in [1.54, 1.807) is 0 Å². The summed E-state index contributed by atoms with van der Waals surface area (Å²) in [6, 6.07) is 0. The standard InChI is InChI=1S/C19H29NO3/c1-6-8-15(17(21)9-7-2)13-16-12-14(16)10-11-20-18(22)23-19(3,4)5/h6,8,12-14H,7,9-11H2,1-5H3,(H,20,22)/b8-6-,15-13+. The molecule has 1 rings (SSSR count). The molecule has 1 amide bonds. The summed E-state index contributed by atoms with van der Waals surface area (Å²) in [6.07, 6.45) is 9.73. The van der Waals surface area contributed by atoms with Gasteiger partial charge in [-0.2, -0.15) is 0 Å². The van der Waals surface area contributed by atoms with Gasteiger partial charge in [0, 0.05) is 24.5 Å². The second kappa shape index (κ2) is 8.70. The summed E-state index contributed by atoms with van der Waals surface area (Å²) in [5.41, 5.74) is 1.47. The summed E-state index contributed by atoms with van der Waals surface area (Å²) in [4.78, 5) is 23.6. The Morgan fingerprint density at radius 3 is 2.61 bits per heavy atom. The molecule has 1 aliphatic carbocycles. The zero-order valence-corrected chi connectivity index (χ0v) is 14.9. The molecule has 1 unspecified atom stereocenters. The van der Waals surface area contributed by atoms with Gasteiger partial charge in [0.25, 0.3) is 0 Å². The Morgan fingerprint density at radius 2 is 2.04 bits per heavy atom. The summed E-state index contributed by atoms with van der Waals surface area (Å²) in [6.45, 7) is 10.0. The SMILES string of the molecule is C/C=C\C(=C/C1=CC1CCNC(=O)OC(C)(C)C)C(=O)CCC. The highest BCUT2D eigenvalue weighted by molar-refractivity contribution is 5.98. The molecular formula is C19H29NO3. The fourth-order valence-corrected chi connectivity index (χ4v) is 2.19. The molecule has 4 heteroatoms. The average Bonchev–Trinajstić information content (AvgIpc) is 3.14. The summed E-state index contributed by atoms with van der Waals surface area (Å²) >= 11 is 0. The van der Waals surface area contributed by atoms with E-state index in [4.69, 9.17) is 4.74 Å². The molecule has 0 aromatic rings. The molecular weight excluding hydrogens is 290 g/mol. The zero-order valence-electron chi connectivity index (χ0n) is 14.9. The van der Waals surface area contributed by atoms with Gasteiger partial charge in [0.15, 0.2) is 5.78 Å². The molecule has 128 valence electrons. The number of carbonyl (C=O) groups excluding carboxylic acids is 2. The molecule has 0 aromatic heterocycles. The minimum Gasteiger partial charge on any atom is -0.444 e. The van der Waals surface area contributed by atoms with Gasteiger partial charge in [-0.15, -0.1) is 0 Å². The fourth-order valence-electron chi connectivity index (χ4n) is 2.19. The van der Waals surface area contributed by atoms with Gasteiger partial charge >= 0.3 is 6.09 Å². The molecule has 0 fully saturated rings. The third kappa shape index (κ3) is 7.82. The van der Waals surface area contributed by atoms with Crippen LogP contribution in [0.1, 0.15) is 53.9 Å². The summed E-state index contributed by atoms with van der Waals surface area (Å²) in [5, 5.41) is 2.76. The number of rotatable bonds is 8. The van der Waals surface area contributed by atoms with Crippen molar-refractivity contribution in [3.05, 3.63) is 35.5 Å². The van der Waals surface area contributed by atoms with Gasteiger partial charge in [-0.25, -0.2) is 4.79 Å². The summed E-state index contributed by atoms with van der Waals surface area (Å²) in [5.74, 6) is 0.531. The third-order valence-electron chi connectivity index (χ3n) is 3.30. The smallest absolute Gasteiger partial charge is 0.407 e. The van der Waals surface area contributed by atoms with Crippen LogP contribution in [0.25, 0.3) is 0 Å². The van der Waals surface area contributed by atoms with Crippen molar-refractivity contribution in [1.29, 1.82) is 0 Å². The third-order valence-corrected chi connectivity index (χ3v) is 3.30. The minimum absolute atomic E-state index is 0.184. The molecule has 0 aromatic carbocycles. The number of carbonyl (C=O) groups is 2. The zero-order chi connectivity index (χ0) is 17.5. The molecule has 1 aliphatic rings. The second-order valence-electron chi connectivity index (χ2n) is 6.76. The topological polar surface area (TPSA) is 55.4 Å². The number of allylic oxidation sites excluding steroid dienone is 6. The number of hydrogen-bond acceptors (Lipinski definition) is 3. The highest BCUT2D eigenvalue weighted by atomic mass is 16.6. The highest BCUT2D eigenvalue weighted by Crippen LogP contribution is 2.34. The summed E-state index contributed by atoms with van der Waals surface area (Å²) in [7, 11) is 0. The lowest BCUT2D eigenvalue weighted by Gasteiger charge is -2.19. The normalized spacial score (nSPS) is 17.9. The number of alkyl carbamates (subject to hydrolysis) is 1. The lowest BCUT2D eigenvalue weighted by atomic mass is 10.0. The van der Waals surface area contributed by atoms with Crippen molar-refractivity contribution in [2.45, 2.75) is 59.5 Å². The number of ketones is 1. The largest absolute Gasteiger partial charge is 0.444 e. The number of ether oxygens (including phenoxy) is 1. The number of Topliss-reactive ketones (excluding diaryl/α,β-unsaturated/α-hetero) is 1. The Bertz CT molecular complexity index is 521. The van der Waals surface area contributed by atoms with Gasteiger partial charge in [-0.3, -0.25) is 4.79 Å². The van der Waals surface area contributed by atoms with Crippen molar-refractivity contribution >= 4 is 11.9 Å². The monoisotopic (exact) mass is 319 g/mol. The van der Waals surface area contributed by atoms with Crippen LogP contribution in [-0.4, -0.2) is 24.0 Å². The predicted molar refractivity (Wildman–Crippen MR) is 93.2 cm³/mol. The maximum atomic E-state index is 12.0. The van der Waals surface area contributed by atoms with Crippen molar-refractivity contribution in [2.24, 2.45) is 5.92 Å². The van der Waals surface area contributed by atoms with E-state index in [-0.39, 0.29) is 11.9 Å². The quantitative estimate of drug-likeness (QED) is 0.535. The van der Waals surface area contributed by atoms with Crippen molar-refractivity contribution in [1.82, 2.24) is 5.32 Å². The lowest BCUT2D eigenvalue weighted by molar-refractivity contribution is -0.115. The molecule has 0 bridgehead atoms. The van der Waals surface area contributed by atoms with Crippen LogP contribution in [0, 0.1) is 5.92 Å². The first kappa shape index (κ1) is 19.2. The van der Waals surface area contributed by atoms with E-state index in [1.165, 1.54) is 5.57 Å². The van der Waals surface area contributed by atoms with Crippen LogP contribution < -0.4 is 5.32 Å². The van der Waals surface area contributed by atoms with Crippen LogP contribution in [0.3, 0.4) is 0 Å². The van der Waals surface area contributed by atoms with Gasteiger partial charge in [0.05, 0.1) is 0 Å². The van der Waals surface area contributed by atoms with Crippen LogP contribution in [0.5, 0.6) is 0 Å². The van der Waals surface area contributed by atoms with Crippen LogP contribution in [0.15, 0.2) is 35.5 Å². The Hall–Kier alpha value is -1.84. The maximum absolute atomic E-state index is 12.0. The Kier molecular flexibility index (Phi) is 7.27. The van der Waals surface area contributed by atoms with Gasteiger partial charge in [0.1, 0.15) is 5.60 Å². The van der Waals surface area contributed by atoms with Gasteiger partial charge < -0.3 is 10.1 Å². The van der Waals surface area contributed by atoms with Crippen molar-refractivity contribution in [3.63, 3.8) is 0 Å². The summed E-state index contributed by atoms with van der Waals surface area (Å²) < 4.78 is 5.19. The minimum atomic E-state index is -0.475. The Labute approximate surface area is 139 Å². The van der Waals surface area contributed by atoms with E-state index in [9.17, 15) is 9.59 Å². The predicted octanol–water partition coefficient (Wildman–Crippen LogP) is 4.33. The van der Waals surface area contributed by atoms with Crippen molar-refractivity contribution < 1.29 is 14.3 Å². The van der Waals surface area contributed by atoms with Crippen LogP contribution in [0.4, 0.5) is 4.79 Å².